The zero-order chi connectivity index (χ0) is 14.0. The largest absolute Gasteiger partial charge is 0.481 e. The first-order valence-electron chi connectivity index (χ1n) is 6.66. The highest BCUT2D eigenvalue weighted by Gasteiger charge is 2.41. The summed E-state index contributed by atoms with van der Waals surface area (Å²) in [5.41, 5.74) is 2.93. The number of carbonyl (C=O) groups is 2. The third-order valence-corrected chi connectivity index (χ3v) is 3.92. The highest BCUT2D eigenvalue weighted by molar-refractivity contribution is 5.97. The molecule has 102 valence electrons. The van der Waals surface area contributed by atoms with Gasteiger partial charge in [-0.25, -0.2) is 0 Å². The summed E-state index contributed by atoms with van der Waals surface area (Å²) < 4.78 is 0. The second kappa shape index (κ2) is 5.43. The van der Waals surface area contributed by atoms with E-state index < -0.39 is 11.9 Å². The van der Waals surface area contributed by atoms with Gasteiger partial charge in [-0.2, -0.15) is 0 Å². The van der Waals surface area contributed by atoms with Crippen molar-refractivity contribution in [2.24, 2.45) is 11.8 Å². The Kier molecular flexibility index (Phi) is 3.88. The maximum absolute atomic E-state index is 12.2. The van der Waals surface area contributed by atoms with Gasteiger partial charge in [-0.1, -0.05) is 25.1 Å². The smallest absolute Gasteiger partial charge is 0.307 e. The maximum atomic E-state index is 12.2. The van der Waals surface area contributed by atoms with Crippen LogP contribution in [0.1, 0.15) is 30.9 Å². The average molecular weight is 261 g/mol. The minimum atomic E-state index is -0.869. The Morgan fingerprint density at radius 3 is 2.53 bits per heavy atom. The van der Waals surface area contributed by atoms with E-state index in [9.17, 15) is 9.59 Å². The van der Waals surface area contributed by atoms with Crippen LogP contribution in [-0.2, 0) is 16.0 Å². The van der Waals surface area contributed by atoms with Crippen LogP contribution in [-0.4, -0.2) is 17.0 Å². The predicted molar refractivity (Wildman–Crippen MR) is 73.0 cm³/mol. The molecule has 2 unspecified atom stereocenters. The van der Waals surface area contributed by atoms with Crippen LogP contribution in [0.3, 0.4) is 0 Å². The van der Waals surface area contributed by atoms with Gasteiger partial charge in [-0.3, -0.25) is 9.59 Å². The number of carboxylic acids is 1. The van der Waals surface area contributed by atoms with E-state index in [1.54, 1.807) is 0 Å². The number of aliphatic carboxylic acids is 1. The molecule has 0 saturated heterocycles. The zero-order valence-electron chi connectivity index (χ0n) is 11.3. The molecule has 4 heteroatoms. The maximum Gasteiger partial charge on any atom is 0.307 e. The number of para-hydroxylation sites is 1. The van der Waals surface area contributed by atoms with Gasteiger partial charge in [-0.05, 0) is 37.3 Å². The standard InChI is InChI=1S/C15H19NO3/c1-3-10-6-4-5-9(2)13(10)16-14(17)11-7-8-12(11)15(18)19/h4-6,11-12H,3,7-8H2,1-2H3,(H,16,17)(H,18,19). The molecule has 0 heterocycles. The number of rotatable bonds is 4. The topological polar surface area (TPSA) is 66.4 Å². The number of benzene rings is 1. The van der Waals surface area contributed by atoms with Crippen molar-refractivity contribution in [2.45, 2.75) is 33.1 Å². The van der Waals surface area contributed by atoms with E-state index in [1.807, 2.05) is 32.0 Å². The molecule has 1 aromatic rings. The van der Waals surface area contributed by atoms with Crippen molar-refractivity contribution in [3.05, 3.63) is 29.3 Å². The Morgan fingerprint density at radius 1 is 1.32 bits per heavy atom. The van der Waals surface area contributed by atoms with Crippen LogP contribution in [0.4, 0.5) is 5.69 Å². The Labute approximate surface area is 112 Å². The Balaban J connectivity index is 2.13. The molecule has 19 heavy (non-hydrogen) atoms. The molecule has 1 aliphatic carbocycles. The lowest BCUT2D eigenvalue weighted by Crippen LogP contribution is -2.41. The lowest BCUT2D eigenvalue weighted by Gasteiger charge is -2.32. The van der Waals surface area contributed by atoms with Crippen molar-refractivity contribution in [3.8, 4) is 0 Å². The van der Waals surface area contributed by atoms with E-state index in [0.29, 0.717) is 12.8 Å². The molecule has 2 N–H and O–H groups in total. The fourth-order valence-electron chi connectivity index (χ4n) is 2.53. The second-order valence-electron chi connectivity index (χ2n) is 5.08. The molecule has 1 amide bonds. The molecule has 0 bridgehead atoms. The molecule has 1 aromatic carbocycles. The molecule has 0 radical (unpaired) electrons. The summed E-state index contributed by atoms with van der Waals surface area (Å²) >= 11 is 0. The number of carboxylic acid groups (broad SMARTS) is 1. The van der Waals surface area contributed by atoms with Crippen molar-refractivity contribution in [2.75, 3.05) is 5.32 Å². The number of carbonyl (C=O) groups excluding carboxylic acids is 1. The number of nitrogens with one attached hydrogen (secondary N) is 1. The van der Waals surface area contributed by atoms with E-state index in [0.717, 1.165) is 23.2 Å². The molecular formula is C15H19NO3. The third-order valence-electron chi connectivity index (χ3n) is 3.92. The number of hydrogen-bond acceptors (Lipinski definition) is 2. The summed E-state index contributed by atoms with van der Waals surface area (Å²) in [4.78, 5) is 23.1. The molecule has 1 fully saturated rings. The first kappa shape index (κ1) is 13.6. The molecule has 2 atom stereocenters. The quantitative estimate of drug-likeness (QED) is 0.875. The van der Waals surface area contributed by atoms with Crippen LogP contribution in [0.5, 0.6) is 0 Å². The van der Waals surface area contributed by atoms with E-state index in [4.69, 9.17) is 5.11 Å². The highest BCUT2D eigenvalue weighted by Crippen LogP contribution is 2.36. The summed E-state index contributed by atoms with van der Waals surface area (Å²) in [6.45, 7) is 3.98. The van der Waals surface area contributed by atoms with Crippen LogP contribution in [0.25, 0.3) is 0 Å². The fourth-order valence-corrected chi connectivity index (χ4v) is 2.53. The SMILES string of the molecule is CCc1cccc(C)c1NC(=O)C1CCC1C(=O)O. The summed E-state index contributed by atoms with van der Waals surface area (Å²) in [7, 11) is 0. The van der Waals surface area contributed by atoms with Crippen molar-refractivity contribution < 1.29 is 14.7 Å². The third kappa shape index (κ3) is 2.62. The van der Waals surface area contributed by atoms with Crippen molar-refractivity contribution in [1.82, 2.24) is 0 Å². The van der Waals surface area contributed by atoms with Crippen LogP contribution >= 0.6 is 0 Å². The summed E-state index contributed by atoms with van der Waals surface area (Å²) in [6.07, 6.45) is 2.10. The molecule has 4 nitrogen and oxygen atoms in total. The van der Waals surface area contributed by atoms with Crippen LogP contribution in [0.2, 0.25) is 0 Å². The van der Waals surface area contributed by atoms with E-state index >= 15 is 0 Å². The normalized spacial score (nSPS) is 21.6. The minimum absolute atomic E-state index is 0.164. The molecule has 0 aliphatic heterocycles. The summed E-state index contributed by atoms with van der Waals surface area (Å²) in [6, 6.07) is 5.90. The zero-order valence-corrected chi connectivity index (χ0v) is 11.3. The van der Waals surface area contributed by atoms with Crippen molar-refractivity contribution in [3.63, 3.8) is 0 Å². The molecule has 0 aromatic heterocycles. The van der Waals surface area contributed by atoms with Gasteiger partial charge in [0, 0.05) is 5.69 Å². The Bertz CT molecular complexity index is 510. The fraction of sp³-hybridized carbons (Fsp3) is 0.467. The van der Waals surface area contributed by atoms with Crippen LogP contribution < -0.4 is 5.32 Å². The average Bonchev–Trinajstić information content (AvgIpc) is 2.29. The van der Waals surface area contributed by atoms with Gasteiger partial charge in [0.25, 0.3) is 0 Å². The summed E-state index contributed by atoms with van der Waals surface area (Å²) in [5.74, 6) is -1.94. The first-order chi connectivity index (χ1) is 9.04. The van der Waals surface area contributed by atoms with Crippen molar-refractivity contribution >= 4 is 17.6 Å². The van der Waals surface area contributed by atoms with Gasteiger partial charge >= 0.3 is 5.97 Å². The Morgan fingerprint density at radius 2 is 2.00 bits per heavy atom. The monoisotopic (exact) mass is 261 g/mol. The molecule has 0 spiro atoms. The van der Waals surface area contributed by atoms with Gasteiger partial charge < -0.3 is 10.4 Å². The number of anilines is 1. The second-order valence-corrected chi connectivity index (χ2v) is 5.08. The molecule has 2 rings (SSSR count). The van der Waals surface area contributed by atoms with Gasteiger partial charge in [0.1, 0.15) is 0 Å². The minimum Gasteiger partial charge on any atom is -0.481 e. The molecule has 1 saturated carbocycles. The molecule has 1 aliphatic rings. The van der Waals surface area contributed by atoms with Gasteiger partial charge in [-0.15, -0.1) is 0 Å². The first-order valence-corrected chi connectivity index (χ1v) is 6.66. The van der Waals surface area contributed by atoms with Gasteiger partial charge in [0.2, 0.25) is 5.91 Å². The predicted octanol–water partition coefficient (Wildman–Crippen LogP) is 2.61. The number of aryl methyl sites for hydroxylation is 2. The Hall–Kier alpha value is -1.84. The summed E-state index contributed by atoms with van der Waals surface area (Å²) in [5, 5.41) is 11.9. The van der Waals surface area contributed by atoms with Crippen LogP contribution in [0, 0.1) is 18.8 Å². The number of amides is 1. The van der Waals surface area contributed by atoms with Crippen LogP contribution in [0.15, 0.2) is 18.2 Å². The van der Waals surface area contributed by atoms with E-state index in [1.165, 1.54) is 0 Å². The lowest BCUT2D eigenvalue weighted by atomic mass is 9.73. The van der Waals surface area contributed by atoms with E-state index in [2.05, 4.69) is 5.32 Å². The van der Waals surface area contributed by atoms with Gasteiger partial charge in [0.15, 0.2) is 0 Å². The van der Waals surface area contributed by atoms with Gasteiger partial charge in [0.05, 0.1) is 11.8 Å². The highest BCUT2D eigenvalue weighted by atomic mass is 16.4. The number of hydrogen-bond donors (Lipinski definition) is 2. The lowest BCUT2D eigenvalue weighted by molar-refractivity contribution is -0.151. The van der Waals surface area contributed by atoms with Crippen molar-refractivity contribution in [1.29, 1.82) is 0 Å². The van der Waals surface area contributed by atoms with E-state index in [-0.39, 0.29) is 11.8 Å². The molecular weight excluding hydrogens is 242 g/mol.